The van der Waals surface area contributed by atoms with E-state index in [-0.39, 0.29) is 5.97 Å². The molecule has 0 saturated heterocycles. The van der Waals surface area contributed by atoms with Crippen LogP contribution in [0.5, 0.6) is 0 Å². The summed E-state index contributed by atoms with van der Waals surface area (Å²) in [4.78, 5) is 11.8. The average Bonchev–Trinajstić information content (AvgIpc) is 2.47. The van der Waals surface area contributed by atoms with E-state index in [9.17, 15) is 4.79 Å². The lowest BCUT2D eigenvalue weighted by Crippen LogP contribution is -2.37. The average molecular weight is 280 g/mol. The van der Waals surface area contributed by atoms with Gasteiger partial charge in [-0.1, -0.05) is 24.8 Å². The van der Waals surface area contributed by atoms with Crippen molar-refractivity contribution in [3.63, 3.8) is 0 Å². The molecule has 0 spiro atoms. The maximum absolute atomic E-state index is 11.8. The molecule has 0 saturated carbocycles. The van der Waals surface area contributed by atoms with E-state index in [1.165, 1.54) is 0 Å². The van der Waals surface area contributed by atoms with E-state index in [4.69, 9.17) is 13.6 Å². The van der Waals surface area contributed by atoms with Crippen LogP contribution in [0, 0.1) is 0 Å². The van der Waals surface area contributed by atoms with Gasteiger partial charge in [0.25, 0.3) is 0 Å². The second kappa shape index (κ2) is 7.23. The predicted octanol–water partition coefficient (Wildman–Crippen LogP) is 2.85. The Kier molecular flexibility index (Phi) is 5.94. The standard InChI is InChI=1S/C14H20O4Si/c1-5-12-6-8-13(9-7-12)14(15)18-10-11-19(4,16-2)17-3/h5-9H,1,10-11H2,2-4H3. The quantitative estimate of drug-likeness (QED) is 0.569. The molecule has 104 valence electrons. The van der Waals surface area contributed by atoms with Gasteiger partial charge in [0.05, 0.1) is 12.2 Å². The molecule has 1 aromatic carbocycles. The maximum atomic E-state index is 11.8. The first-order valence-electron chi connectivity index (χ1n) is 6.04. The largest absolute Gasteiger partial charge is 0.462 e. The van der Waals surface area contributed by atoms with Crippen molar-refractivity contribution in [3.05, 3.63) is 42.0 Å². The number of carbonyl (C=O) groups excluding carboxylic acids is 1. The number of benzene rings is 1. The number of esters is 1. The van der Waals surface area contributed by atoms with E-state index in [0.29, 0.717) is 18.2 Å². The summed E-state index contributed by atoms with van der Waals surface area (Å²) in [5, 5.41) is 0. The Labute approximate surface area is 115 Å². The van der Waals surface area contributed by atoms with Crippen LogP contribution < -0.4 is 0 Å². The molecule has 0 amide bonds. The summed E-state index contributed by atoms with van der Waals surface area (Å²) >= 11 is 0. The van der Waals surface area contributed by atoms with Gasteiger partial charge >= 0.3 is 14.5 Å². The fourth-order valence-corrected chi connectivity index (χ4v) is 2.50. The highest BCUT2D eigenvalue weighted by Gasteiger charge is 2.28. The molecular formula is C14H20O4Si. The summed E-state index contributed by atoms with van der Waals surface area (Å²) in [6.45, 7) is 5.89. The Morgan fingerprint density at radius 2 is 1.84 bits per heavy atom. The zero-order chi connectivity index (χ0) is 14.3. The van der Waals surface area contributed by atoms with Crippen molar-refractivity contribution in [2.45, 2.75) is 12.6 Å². The Morgan fingerprint density at radius 1 is 1.26 bits per heavy atom. The summed E-state index contributed by atoms with van der Waals surface area (Å²) in [7, 11) is 1.06. The molecule has 0 N–H and O–H groups in total. The normalized spacial score (nSPS) is 11.1. The third kappa shape index (κ3) is 4.63. The van der Waals surface area contributed by atoms with Crippen molar-refractivity contribution < 1.29 is 18.4 Å². The molecule has 0 heterocycles. The maximum Gasteiger partial charge on any atom is 0.338 e. The number of ether oxygens (including phenoxy) is 1. The summed E-state index contributed by atoms with van der Waals surface area (Å²) < 4.78 is 15.8. The van der Waals surface area contributed by atoms with Crippen LogP contribution in [0.15, 0.2) is 30.8 Å². The Balaban J connectivity index is 2.49. The molecule has 5 heteroatoms. The van der Waals surface area contributed by atoms with Gasteiger partial charge in [0.2, 0.25) is 0 Å². The molecule has 0 bridgehead atoms. The van der Waals surface area contributed by atoms with Crippen LogP contribution in [0.3, 0.4) is 0 Å². The van der Waals surface area contributed by atoms with Gasteiger partial charge in [0.15, 0.2) is 0 Å². The fraction of sp³-hybridized carbons (Fsp3) is 0.357. The van der Waals surface area contributed by atoms with E-state index in [0.717, 1.165) is 5.56 Å². The zero-order valence-corrected chi connectivity index (χ0v) is 12.6. The van der Waals surface area contributed by atoms with Crippen LogP contribution in [0.2, 0.25) is 12.6 Å². The van der Waals surface area contributed by atoms with E-state index in [1.807, 2.05) is 18.7 Å². The van der Waals surface area contributed by atoms with Gasteiger partial charge in [0.1, 0.15) is 0 Å². The van der Waals surface area contributed by atoms with E-state index < -0.39 is 8.56 Å². The predicted molar refractivity (Wildman–Crippen MR) is 77.3 cm³/mol. The smallest absolute Gasteiger partial charge is 0.338 e. The highest BCUT2D eigenvalue weighted by Crippen LogP contribution is 2.12. The lowest BCUT2D eigenvalue weighted by atomic mass is 10.1. The van der Waals surface area contributed by atoms with Gasteiger partial charge < -0.3 is 13.6 Å². The highest BCUT2D eigenvalue weighted by molar-refractivity contribution is 6.66. The van der Waals surface area contributed by atoms with Gasteiger partial charge in [-0.05, 0) is 24.2 Å². The van der Waals surface area contributed by atoms with Crippen LogP contribution in [0.4, 0.5) is 0 Å². The van der Waals surface area contributed by atoms with Gasteiger partial charge in [-0.15, -0.1) is 0 Å². The van der Waals surface area contributed by atoms with Crippen LogP contribution in [0.25, 0.3) is 6.08 Å². The Hall–Kier alpha value is -1.43. The minimum Gasteiger partial charge on any atom is -0.462 e. The third-order valence-electron chi connectivity index (χ3n) is 3.04. The first-order valence-corrected chi connectivity index (χ1v) is 8.57. The molecule has 0 fully saturated rings. The molecule has 0 aliphatic rings. The molecule has 4 nitrogen and oxygen atoms in total. The Bertz CT molecular complexity index is 424. The van der Waals surface area contributed by atoms with Gasteiger partial charge in [-0.25, -0.2) is 4.79 Å². The molecular weight excluding hydrogens is 260 g/mol. The fourth-order valence-electron chi connectivity index (χ4n) is 1.46. The van der Waals surface area contributed by atoms with Crippen molar-refractivity contribution in [1.29, 1.82) is 0 Å². The van der Waals surface area contributed by atoms with Gasteiger partial charge in [-0.2, -0.15) is 0 Å². The number of carbonyl (C=O) groups is 1. The van der Waals surface area contributed by atoms with E-state index in [2.05, 4.69) is 6.58 Å². The van der Waals surface area contributed by atoms with Crippen LogP contribution in [-0.4, -0.2) is 35.4 Å². The van der Waals surface area contributed by atoms with Crippen molar-refractivity contribution >= 4 is 20.6 Å². The number of hydrogen-bond acceptors (Lipinski definition) is 4. The summed E-state index contributed by atoms with van der Waals surface area (Å²) in [6.07, 6.45) is 1.73. The lowest BCUT2D eigenvalue weighted by Gasteiger charge is -2.22. The summed E-state index contributed by atoms with van der Waals surface area (Å²) in [5.74, 6) is -0.334. The molecule has 1 rings (SSSR count). The van der Waals surface area contributed by atoms with Gasteiger partial charge in [0, 0.05) is 20.3 Å². The first kappa shape index (κ1) is 15.6. The second-order valence-corrected chi connectivity index (χ2v) is 7.84. The molecule has 0 aliphatic carbocycles. The topological polar surface area (TPSA) is 44.8 Å². The molecule has 1 aromatic rings. The minimum absolute atomic E-state index is 0.298. The SMILES string of the molecule is C=Cc1ccc(C(=O)OCC[Si](C)(OC)OC)cc1. The van der Waals surface area contributed by atoms with Gasteiger partial charge in [-0.3, -0.25) is 0 Å². The van der Waals surface area contributed by atoms with Crippen molar-refractivity contribution in [3.8, 4) is 0 Å². The number of rotatable bonds is 7. The van der Waals surface area contributed by atoms with E-state index in [1.54, 1.807) is 32.4 Å². The summed E-state index contributed by atoms with van der Waals surface area (Å²) in [5.41, 5.74) is 1.50. The molecule has 0 aromatic heterocycles. The van der Waals surface area contributed by atoms with Crippen molar-refractivity contribution in [2.24, 2.45) is 0 Å². The van der Waals surface area contributed by atoms with Crippen LogP contribution >= 0.6 is 0 Å². The molecule has 0 unspecified atom stereocenters. The monoisotopic (exact) mass is 280 g/mol. The van der Waals surface area contributed by atoms with E-state index >= 15 is 0 Å². The minimum atomic E-state index is -2.17. The first-order chi connectivity index (χ1) is 9.04. The Morgan fingerprint density at radius 3 is 2.32 bits per heavy atom. The third-order valence-corrected chi connectivity index (χ3v) is 5.87. The van der Waals surface area contributed by atoms with Crippen molar-refractivity contribution in [2.75, 3.05) is 20.8 Å². The number of hydrogen-bond donors (Lipinski definition) is 0. The molecule has 19 heavy (non-hydrogen) atoms. The zero-order valence-electron chi connectivity index (χ0n) is 11.6. The second-order valence-electron chi connectivity index (χ2n) is 4.25. The highest BCUT2D eigenvalue weighted by atomic mass is 28.4. The molecule has 0 atom stereocenters. The summed E-state index contributed by atoms with van der Waals surface area (Å²) in [6, 6.07) is 7.71. The molecule has 0 aliphatic heterocycles. The lowest BCUT2D eigenvalue weighted by molar-refractivity contribution is 0.0516. The van der Waals surface area contributed by atoms with Crippen LogP contribution in [-0.2, 0) is 13.6 Å². The van der Waals surface area contributed by atoms with Crippen LogP contribution in [0.1, 0.15) is 15.9 Å². The van der Waals surface area contributed by atoms with Crippen molar-refractivity contribution in [1.82, 2.24) is 0 Å². The molecule has 0 radical (unpaired) electrons.